The van der Waals surface area contributed by atoms with Gasteiger partial charge in [-0.25, -0.2) is 0 Å². The number of aliphatic hydroxyl groups excluding tert-OH is 3. The van der Waals surface area contributed by atoms with Gasteiger partial charge in [0, 0.05) is 5.54 Å². The number of hydrogen-bond acceptors (Lipinski definition) is 5. The summed E-state index contributed by atoms with van der Waals surface area (Å²) in [7, 11) is 0. The monoisotopic (exact) mass is 498 g/mol. The highest BCUT2D eigenvalue weighted by atomic mass is 16.3. The molecular weight excluding hydrogens is 436 g/mol. The van der Waals surface area contributed by atoms with Crippen LogP contribution in [0.15, 0.2) is 12.2 Å². The molecule has 35 heavy (non-hydrogen) atoms. The van der Waals surface area contributed by atoms with Gasteiger partial charge in [-0.05, 0) is 91.1 Å². The number of nitrogens with one attached hydrogen (secondary N) is 1. The molecule has 0 rings (SSSR count). The molecule has 5 heteroatoms. The summed E-state index contributed by atoms with van der Waals surface area (Å²) in [6.45, 7) is 9.17. The van der Waals surface area contributed by atoms with E-state index in [2.05, 4.69) is 24.4 Å². The van der Waals surface area contributed by atoms with Crippen molar-refractivity contribution in [3.63, 3.8) is 0 Å². The van der Waals surface area contributed by atoms with Crippen molar-refractivity contribution in [2.45, 2.75) is 161 Å². The van der Waals surface area contributed by atoms with Crippen LogP contribution in [0.5, 0.6) is 0 Å². The maximum Gasteiger partial charge on any atom is 0.0529 e. The number of allylic oxidation sites excluding steroid dienone is 2. The molecule has 0 aromatic carbocycles. The number of aliphatic hydroxyl groups is 3. The van der Waals surface area contributed by atoms with Crippen LogP contribution in [0, 0.1) is 5.92 Å². The van der Waals surface area contributed by atoms with Gasteiger partial charge in [0.1, 0.15) is 0 Å². The van der Waals surface area contributed by atoms with E-state index < -0.39 is 23.9 Å². The second-order valence-electron chi connectivity index (χ2n) is 11.3. The minimum absolute atomic E-state index is 0.000752. The SMILES string of the molecule is CCCCCCCC/C=C\CCCCCCCCNCC(CC(C)O)C(N)(CC(C)O)CC(C)O. The Morgan fingerprint density at radius 3 is 1.60 bits per heavy atom. The van der Waals surface area contributed by atoms with Gasteiger partial charge < -0.3 is 26.4 Å². The lowest BCUT2D eigenvalue weighted by Crippen LogP contribution is -2.54. The second-order valence-corrected chi connectivity index (χ2v) is 11.3. The molecule has 0 spiro atoms. The Hall–Kier alpha value is -0.460. The Balaban J connectivity index is 3.92. The highest BCUT2D eigenvalue weighted by molar-refractivity contribution is 4.95. The highest BCUT2D eigenvalue weighted by Gasteiger charge is 2.37. The fourth-order valence-electron chi connectivity index (χ4n) is 5.22. The number of hydrogen-bond donors (Lipinski definition) is 5. The van der Waals surface area contributed by atoms with Crippen molar-refractivity contribution >= 4 is 0 Å². The third-order valence-electron chi connectivity index (χ3n) is 7.05. The zero-order valence-corrected chi connectivity index (χ0v) is 23.8. The average molecular weight is 499 g/mol. The summed E-state index contributed by atoms with van der Waals surface area (Å²) >= 11 is 0. The molecular formula is C30H62N2O3. The number of rotatable bonds is 25. The van der Waals surface area contributed by atoms with Crippen LogP contribution in [0.4, 0.5) is 0 Å². The van der Waals surface area contributed by atoms with Crippen molar-refractivity contribution in [1.29, 1.82) is 0 Å². The molecule has 4 unspecified atom stereocenters. The van der Waals surface area contributed by atoms with E-state index in [1.165, 1.54) is 83.5 Å². The second kappa shape index (κ2) is 22.7. The van der Waals surface area contributed by atoms with Crippen molar-refractivity contribution in [1.82, 2.24) is 5.32 Å². The lowest BCUT2D eigenvalue weighted by Gasteiger charge is -2.40. The van der Waals surface area contributed by atoms with Crippen LogP contribution < -0.4 is 11.1 Å². The van der Waals surface area contributed by atoms with E-state index in [9.17, 15) is 15.3 Å². The molecule has 0 amide bonds. The molecule has 6 N–H and O–H groups in total. The smallest absolute Gasteiger partial charge is 0.0529 e. The van der Waals surface area contributed by atoms with Gasteiger partial charge >= 0.3 is 0 Å². The highest BCUT2D eigenvalue weighted by Crippen LogP contribution is 2.29. The zero-order chi connectivity index (χ0) is 26.4. The molecule has 0 radical (unpaired) electrons. The third kappa shape index (κ3) is 21.3. The summed E-state index contributed by atoms with van der Waals surface area (Å²) in [5.41, 5.74) is 5.99. The van der Waals surface area contributed by atoms with Gasteiger partial charge in [-0.2, -0.15) is 0 Å². The van der Waals surface area contributed by atoms with Crippen molar-refractivity contribution < 1.29 is 15.3 Å². The predicted octanol–water partition coefficient (Wildman–Crippen LogP) is 6.24. The molecule has 0 saturated carbocycles. The van der Waals surface area contributed by atoms with Crippen LogP contribution >= 0.6 is 0 Å². The van der Waals surface area contributed by atoms with Crippen LogP contribution in [-0.2, 0) is 0 Å². The fourth-order valence-corrected chi connectivity index (χ4v) is 5.22. The maximum absolute atomic E-state index is 9.99. The first-order chi connectivity index (χ1) is 16.7. The molecule has 0 bridgehead atoms. The molecule has 0 aliphatic rings. The van der Waals surface area contributed by atoms with Gasteiger partial charge in [0.2, 0.25) is 0 Å². The van der Waals surface area contributed by atoms with Crippen LogP contribution in [0.2, 0.25) is 0 Å². The molecule has 5 nitrogen and oxygen atoms in total. The summed E-state index contributed by atoms with van der Waals surface area (Å²) < 4.78 is 0. The molecule has 210 valence electrons. The Morgan fingerprint density at radius 2 is 1.14 bits per heavy atom. The lowest BCUT2D eigenvalue weighted by molar-refractivity contribution is 0.0523. The van der Waals surface area contributed by atoms with Gasteiger partial charge in [0.25, 0.3) is 0 Å². The van der Waals surface area contributed by atoms with Gasteiger partial charge in [-0.15, -0.1) is 0 Å². The normalized spacial score (nSPS) is 17.4. The van der Waals surface area contributed by atoms with Crippen molar-refractivity contribution in [3.8, 4) is 0 Å². The van der Waals surface area contributed by atoms with Crippen LogP contribution in [0.3, 0.4) is 0 Å². The minimum atomic E-state index is -0.699. The number of nitrogens with two attached hydrogens (primary N) is 1. The van der Waals surface area contributed by atoms with E-state index in [1.54, 1.807) is 20.8 Å². The molecule has 0 aliphatic carbocycles. The van der Waals surface area contributed by atoms with E-state index in [1.807, 2.05) is 0 Å². The first-order valence-corrected chi connectivity index (χ1v) is 14.9. The third-order valence-corrected chi connectivity index (χ3v) is 7.05. The quantitative estimate of drug-likeness (QED) is 0.0758. The molecule has 0 aliphatic heterocycles. The lowest BCUT2D eigenvalue weighted by atomic mass is 9.74. The van der Waals surface area contributed by atoms with Crippen LogP contribution in [0.25, 0.3) is 0 Å². The molecule has 0 aromatic heterocycles. The van der Waals surface area contributed by atoms with Crippen LogP contribution in [-0.4, -0.2) is 52.3 Å². The Kier molecular flexibility index (Phi) is 22.4. The van der Waals surface area contributed by atoms with Crippen molar-refractivity contribution in [3.05, 3.63) is 12.2 Å². The summed E-state index contributed by atoms with van der Waals surface area (Å²) in [5, 5.41) is 33.4. The number of unbranched alkanes of at least 4 members (excludes halogenated alkanes) is 12. The van der Waals surface area contributed by atoms with E-state index >= 15 is 0 Å². The summed E-state index contributed by atoms with van der Waals surface area (Å²) in [6.07, 6.45) is 23.0. The van der Waals surface area contributed by atoms with Crippen molar-refractivity contribution in [2.75, 3.05) is 13.1 Å². The minimum Gasteiger partial charge on any atom is -0.393 e. The van der Waals surface area contributed by atoms with Crippen molar-refractivity contribution in [2.24, 2.45) is 11.7 Å². The standard InChI is InChI=1S/C30H62N2O3/c1-5-6-7-8-9-10-11-12-13-14-15-16-17-18-19-20-21-32-25-29(22-26(2)33)30(31,23-27(3)34)24-28(4)35/h12-13,26-29,32-35H,5-11,14-25,31H2,1-4H3/b13-12-. The average Bonchev–Trinajstić information content (AvgIpc) is 2.76. The molecule has 0 heterocycles. The van der Waals surface area contributed by atoms with Gasteiger partial charge in [-0.1, -0.05) is 76.9 Å². The fraction of sp³-hybridized carbons (Fsp3) is 0.933. The van der Waals surface area contributed by atoms with E-state index in [4.69, 9.17) is 5.73 Å². The zero-order valence-electron chi connectivity index (χ0n) is 23.8. The maximum atomic E-state index is 9.99. The van der Waals surface area contributed by atoms with Gasteiger partial charge in [-0.3, -0.25) is 0 Å². The predicted molar refractivity (Wildman–Crippen MR) is 152 cm³/mol. The Morgan fingerprint density at radius 1 is 0.686 bits per heavy atom. The van der Waals surface area contributed by atoms with Crippen LogP contribution in [0.1, 0.15) is 137 Å². The molecule has 0 fully saturated rings. The summed E-state index contributed by atoms with van der Waals surface area (Å²) in [5.74, 6) is 0.000752. The van der Waals surface area contributed by atoms with E-state index in [0.29, 0.717) is 25.8 Å². The summed E-state index contributed by atoms with van der Waals surface area (Å²) in [4.78, 5) is 0. The van der Waals surface area contributed by atoms with E-state index in [0.717, 1.165) is 13.0 Å². The molecule has 0 saturated heterocycles. The largest absolute Gasteiger partial charge is 0.393 e. The Labute approximate surface area is 218 Å². The topological polar surface area (TPSA) is 98.7 Å². The first kappa shape index (κ1) is 34.5. The summed E-state index contributed by atoms with van der Waals surface area (Å²) in [6, 6.07) is 0. The molecule has 0 aromatic rings. The van der Waals surface area contributed by atoms with Gasteiger partial charge in [0.05, 0.1) is 18.3 Å². The molecule has 4 atom stereocenters. The van der Waals surface area contributed by atoms with E-state index in [-0.39, 0.29) is 5.92 Å². The van der Waals surface area contributed by atoms with Gasteiger partial charge in [0.15, 0.2) is 0 Å². The Bertz CT molecular complexity index is 470. The first-order valence-electron chi connectivity index (χ1n) is 14.9.